The Morgan fingerprint density at radius 3 is 2.78 bits per heavy atom. The van der Waals surface area contributed by atoms with Crippen LogP contribution in [0.15, 0.2) is 28.4 Å². The number of hydrogen-bond acceptors (Lipinski definition) is 6. The molecule has 0 amide bonds. The number of amidine groups is 1. The van der Waals surface area contributed by atoms with E-state index in [1.54, 1.807) is 20.2 Å². The second-order valence-electron chi connectivity index (χ2n) is 6.21. The van der Waals surface area contributed by atoms with Crippen molar-refractivity contribution in [1.82, 2.24) is 4.90 Å². The van der Waals surface area contributed by atoms with E-state index in [1.165, 1.54) is 0 Å². The van der Waals surface area contributed by atoms with E-state index >= 15 is 0 Å². The van der Waals surface area contributed by atoms with E-state index in [0.29, 0.717) is 32.1 Å². The SMILES string of the molecule is CCOC(=O)C1=CN(COCCOC)C2=NC(C)C(C)(C)C2=C1. The lowest BCUT2D eigenvalue weighted by atomic mass is 9.79. The Morgan fingerprint density at radius 2 is 2.13 bits per heavy atom. The summed E-state index contributed by atoms with van der Waals surface area (Å²) in [6, 6.07) is 0.139. The molecule has 6 heteroatoms. The van der Waals surface area contributed by atoms with Crippen LogP contribution in [-0.4, -0.2) is 56.4 Å². The lowest BCUT2D eigenvalue weighted by Gasteiger charge is -2.30. The first kappa shape index (κ1) is 17.7. The molecule has 0 aromatic rings. The Kier molecular flexibility index (Phi) is 5.59. The summed E-state index contributed by atoms with van der Waals surface area (Å²) in [4.78, 5) is 18.8. The topological polar surface area (TPSA) is 60.4 Å². The predicted octanol–water partition coefficient (Wildman–Crippen LogP) is 2.12. The first-order valence-electron chi connectivity index (χ1n) is 7.94. The van der Waals surface area contributed by atoms with Crippen LogP contribution >= 0.6 is 0 Å². The van der Waals surface area contributed by atoms with Gasteiger partial charge in [-0.25, -0.2) is 4.79 Å². The maximum atomic E-state index is 12.1. The van der Waals surface area contributed by atoms with Gasteiger partial charge in [-0.3, -0.25) is 4.99 Å². The van der Waals surface area contributed by atoms with Crippen LogP contribution in [-0.2, 0) is 19.0 Å². The lowest BCUT2D eigenvalue weighted by molar-refractivity contribution is -0.138. The molecule has 0 N–H and O–H groups in total. The summed E-state index contributed by atoms with van der Waals surface area (Å²) >= 11 is 0. The standard InChI is InChI=1S/C17H26N2O4/c1-6-23-16(20)13-9-14-15(18-12(2)17(14,3)4)19(10-13)11-22-8-7-21-5/h9-10,12H,6-8,11H2,1-5H3. The Morgan fingerprint density at radius 1 is 1.39 bits per heavy atom. The maximum Gasteiger partial charge on any atom is 0.339 e. The third-order valence-electron chi connectivity index (χ3n) is 4.34. The number of ether oxygens (including phenoxy) is 3. The van der Waals surface area contributed by atoms with Crippen molar-refractivity contribution in [3.8, 4) is 0 Å². The molecule has 0 spiro atoms. The molecule has 128 valence electrons. The summed E-state index contributed by atoms with van der Waals surface area (Å²) in [5.41, 5.74) is 1.44. The third kappa shape index (κ3) is 3.64. The number of esters is 1. The number of carbonyl (C=O) groups excluding carboxylic acids is 1. The van der Waals surface area contributed by atoms with Gasteiger partial charge < -0.3 is 19.1 Å². The first-order valence-corrected chi connectivity index (χ1v) is 7.94. The molecule has 0 fully saturated rings. The van der Waals surface area contributed by atoms with Crippen LogP contribution in [0.4, 0.5) is 0 Å². The van der Waals surface area contributed by atoms with Crippen molar-refractivity contribution in [2.45, 2.75) is 33.7 Å². The van der Waals surface area contributed by atoms with Gasteiger partial charge in [-0.2, -0.15) is 0 Å². The van der Waals surface area contributed by atoms with Crippen LogP contribution in [0.3, 0.4) is 0 Å². The van der Waals surface area contributed by atoms with E-state index in [9.17, 15) is 4.79 Å². The fourth-order valence-electron chi connectivity index (χ4n) is 2.56. The third-order valence-corrected chi connectivity index (χ3v) is 4.34. The number of aliphatic imine (C=N–C) groups is 1. The van der Waals surface area contributed by atoms with E-state index in [-0.39, 0.29) is 17.4 Å². The highest BCUT2D eigenvalue weighted by Crippen LogP contribution is 2.42. The van der Waals surface area contributed by atoms with Gasteiger partial charge in [-0.1, -0.05) is 13.8 Å². The molecule has 0 saturated carbocycles. The number of methoxy groups -OCH3 is 1. The van der Waals surface area contributed by atoms with E-state index in [2.05, 4.69) is 20.8 Å². The molecule has 2 aliphatic rings. The second-order valence-corrected chi connectivity index (χ2v) is 6.21. The molecule has 0 bridgehead atoms. The Hall–Kier alpha value is -1.66. The highest BCUT2D eigenvalue weighted by molar-refractivity contribution is 6.07. The zero-order valence-electron chi connectivity index (χ0n) is 14.6. The molecule has 0 aliphatic carbocycles. The van der Waals surface area contributed by atoms with Gasteiger partial charge >= 0.3 is 5.97 Å². The van der Waals surface area contributed by atoms with Crippen LogP contribution in [0.1, 0.15) is 27.7 Å². The molecule has 2 heterocycles. The fourth-order valence-corrected chi connectivity index (χ4v) is 2.56. The molecule has 0 radical (unpaired) electrons. The molecule has 1 atom stereocenters. The van der Waals surface area contributed by atoms with E-state index in [1.807, 2.05) is 11.0 Å². The van der Waals surface area contributed by atoms with E-state index in [0.717, 1.165) is 11.4 Å². The van der Waals surface area contributed by atoms with Gasteiger partial charge in [0.05, 0.1) is 31.4 Å². The van der Waals surface area contributed by atoms with Gasteiger partial charge in [0.15, 0.2) is 0 Å². The molecule has 0 saturated heterocycles. The van der Waals surface area contributed by atoms with E-state index in [4.69, 9.17) is 19.2 Å². The minimum atomic E-state index is -0.323. The van der Waals surface area contributed by atoms with Gasteiger partial charge in [-0.15, -0.1) is 0 Å². The monoisotopic (exact) mass is 322 g/mol. The summed E-state index contributed by atoms with van der Waals surface area (Å²) in [7, 11) is 1.63. The van der Waals surface area contributed by atoms with Gasteiger partial charge in [0.2, 0.25) is 0 Å². The molecule has 1 unspecified atom stereocenters. The minimum Gasteiger partial charge on any atom is -0.462 e. The van der Waals surface area contributed by atoms with Crippen LogP contribution in [0.25, 0.3) is 0 Å². The van der Waals surface area contributed by atoms with Crippen LogP contribution in [0.5, 0.6) is 0 Å². The molecule has 0 aromatic heterocycles. The Labute approximate surface area is 137 Å². The van der Waals surface area contributed by atoms with Gasteiger partial charge in [0.1, 0.15) is 12.6 Å². The summed E-state index contributed by atoms with van der Waals surface area (Å²) in [5, 5.41) is 0. The fraction of sp³-hybridized carbons (Fsp3) is 0.647. The highest BCUT2D eigenvalue weighted by Gasteiger charge is 2.42. The maximum absolute atomic E-state index is 12.1. The van der Waals surface area contributed by atoms with E-state index < -0.39 is 0 Å². The quantitative estimate of drug-likeness (QED) is 0.531. The molecule has 6 nitrogen and oxygen atoms in total. The average Bonchev–Trinajstić information content (AvgIpc) is 2.74. The molecule has 2 aliphatic heterocycles. The second kappa shape index (κ2) is 7.27. The largest absolute Gasteiger partial charge is 0.462 e. The van der Waals surface area contributed by atoms with Crippen LogP contribution < -0.4 is 0 Å². The molecular weight excluding hydrogens is 296 g/mol. The van der Waals surface area contributed by atoms with Crippen molar-refractivity contribution in [1.29, 1.82) is 0 Å². The first-order chi connectivity index (χ1) is 10.9. The molecule has 23 heavy (non-hydrogen) atoms. The van der Waals surface area contributed by atoms with Crippen LogP contribution in [0, 0.1) is 5.41 Å². The molecule has 2 rings (SSSR count). The normalized spacial score (nSPS) is 22.2. The van der Waals surface area contributed by atoms with Gasteiger partial charge in [0, 0.05) is 24.3 Å². The van der Waals surface area contributed by atoms with Crippen molar-refractivity contribution in [2.24, 2.45) is 10.4 Å². The number of fused-ring (bicyclic) bond motifs is 1. The highest BCUT2D eigenvalue weighted by atomic mass is 16.5. The van der Waals surface area contributed by atoms with Crippen molar-refractivity contribution < 1.29 is 19.0 Å². The summed E-state index contributed by atoms with van der Waals surface area (Å²) in [6.45, 7) is 9.85. The number of nitrogens with zero attached hydrogens (tertiary/aromatic N) is 2. The Balaban J connectivity index is 2.24. The molecule has 0 aromatic carbocycles. The van der Waals surface area contributed by atoms with Gasteiger partial charge in [0.25, 0.3) is 0 Å². The number of carbonyl (C=O) groups is 1. The summed E-state index contributed by atoms with van der Waals surface area (Å²) in [5.74, 6) is 0.546. The summed E-state index contributed by atoms with van der Waals surface area (Å²) in [6.07, 6.45) is 3.65. The van der Waals surface area contributed by atoms with Gasteiger partial charge in [-0.05, 0) is 19.9 Å². The van der Waals surface area contributed by atoms with Crippen molar-refractivity contribution in [3.63, 3.8) is 0 Å². The Bertz CT molecular complexity index is 549. The lowest BCUT2D eigenvalue weighted by Crippen LogP contribution is -2.35. The minimum absolute atomic E-state index is 0.133. The molecular formula is C17H26N2O4. The summed E-state index contributed by atoms with van der Waals surface area (Å²) < 4.78 is 15.7. The van der Waals surface area contributed by atoms with Crippen molar-refractivity contribution in [2.75, 3.05) is 33.7 Å². The zero-order valence-corrected chi connectivity index (χ0v) is 14.6. The van der Waals surface area contributed by atoms with Crippen LogP contribution in [0.2, 0.25) is 0 Å². The predicted molar refractivity (Wildman–Crippen MR) is 88.0 cm³/mol. The van der Waals surface area contributed by atoms with Crippen molar-refractivity contribution >= 4 is 11.8 Å². The zero-order chi connectivity index (χ0) is 17.0. The smallest absolute Gasteiger partial charge is 0.339 e. The number of rotatable bonds is 7. The number of hydrogen-bond donors (Lipinski definition) is 0. The average molecular weight is 322 g/mol. The van der Waals surface area contributed by atoms with Crippen molar-refractivity contribution in [3.05, 3.63) is 23.4 Å².